The Labute approximate surface area is 113 Å². The molecule has 0 aromatic heterocycles. The molecule has 0 saturated heterocycles. The van der Waals surface area contributed by atoms with E-state index in [1.165, 1.54) is 0 Å². The molecule has 0 aliphatic heterocycles. The van der Waals surface area contributed by atoms with Crippen molar-refractivity contribution < 1.29 is 9.90 Å². The third-order valence-corrected chi connectivity index (χ3v) is 3.73. The van der Waals surface area contributed by atoms with Crippen molar-refractivity contribution in [2.75, 3.05) is 0 Å². The smallest absolute Gasteiger partial charge is 0.320 e. The standard InChI is InChI=1S/C12H13BrClNO2/c13-9-4-3-8(10(14)5-9)6-15-11(12(16)17)7-1-2-7/h3-5,7,11,15H,1-2,6H2,(H,16,17). The molecule has 2 rings (SSSR count). The molecule has 1 atom stereocenters. The second-order valence-electron chi connectivity index (χ2n) is 4.27. The minimum atomic E-state index is -0.777. The molecule has 0 heterocycles. The van der Waals surface area contributed by atoms with E-state index in [1.807, 2.05) is 18.2 Å². The number of carbonyl (C=O) groups is 1. The number of hydrogen-bond donors (Lipinski definition) is 2. The van der Waals surface area contributed by atoms with Crippen molar-refractivity contribution in [3.05, 3.63) is 33.3 Å². The molecule has 2 N–H and O–H groups in total. The minimum Gasteiger partial charge on any atom is -0.480 e. The Balaban J connectivity index is 1.98. The van der Waals surface area contributed by atoms with Crippen LogP contribution in [0, 0.1) is 5.92 Å². The molecule has 1 unspecified atom stereocenters. The highest BCUT2D eigenvalue weighted by molar-refractivity contribution is 9.10. The van der Waals surface area contributed by atoms with Gasteiger partial charge in [-0.15, -0.1) is 0 Å². The van der Waals surface area contributed by atoms with Crippen molar-refractivity contribution in [2.45, 2.75) is 25.4 Å². The van der Waals surface area contributed by atoms with Crippen LogP contribution in [0.2, 0.25) is 5.02 Å². The Hall–Kier alpha value is -0.580. The lowest BCUT2D eigenvalue weighted by atomic mass is 10.1. The molecule has 1 fully saturated rings. The topological polar surface area (TPSA) is 49.3 Å². The van der Waals surface area contributed by atoms with E-state index in [4.69, 9.17) is 16.7 Å². The lowest BCUT2D eigenvalue weighted by Crippen LogP contribution is -2.38. The maximum Gasteiger partial charge on any atom is 0.320 e. The summed E-state index contributed by atoms with van der Waals surface area (Å²) in [5.41, 5.74) is 0.918. The summed E-state index contributed by atoms with van der Waals surface area (Å²) >= 11 is 9.40. The molecule has 3 nitrogen and oxygen atoms in total. The zero-order valence-corrected chi connectivity index (χ0v) is 11.5. The van der Waals surface area contributed by atoms with Crippen LogP contribution in [0.25, 0.3) is 0 Å². The van der Waals surface area contributed by atoms with Gasteiger partial charge < -0.3 is 10.4 Å². The van der Waals surface area contributed by atoms with Gasteiger partial charge in [-0.25, -0.2) is 0 Å². The largest absolute Gasteiger partial charge is 0.480 e. The number of halogens is 2. The van der Waals surface area contributed by atoms with Gasteiger partial charge in [0.2, 0.25) is 0 Å². The van der Waals surface area contributed by atoms with Gasteiger partial charge in [-0.1, -0.05) is 33.6 Å². The van der Waals surface area contributed by atoms with Crippen LogP contribution in [0.5, 0.6) is 0 Å². The first kappa shape index (κ1) is 12.9. The quantitative estimate of drug-likeness (QED) is 0.877. The van der Waals surface area contributed by atoms with Gasteiger partial charge in [-0.3, -0.25) is 4.79 Å². The highest BCUT2D eigenvalue weighted by Crippen LogP contribution is 2.33. The van der Waals surface area contributed by atoms with E-state index in [1.54, 1.807) is 0 Å². The summed E-state index contributed by atoms with van der Waals surface area (Å²) in [5, 5.41) is 12.8. The monoisotopic (exact) mass is 317 g/mol. The molecule has 1 aliphatic rings. The summed E-state index contributed by atoms with van der Waals surface area (Å²) < 4.78 is 0.920. The number of hydrogen-bond acceptors (Lipinski definition) is 2. The molecule has 5 heteroatoms. The van der Waals surface area contributed by atoms with E-state index >= 15 is 0 Å². The number of aliphatic carboxylic acids is 1. The van der Waals surface area contributed by atoms with Gasteiger partial charge in [0.25, 0.3) is 0 Å². The summed E-state index contributed by atoms with van der Waals surface area (Å²) in [7, 11) is 0. The van der Waals surface area contributed by atoms with Crippen LogP contribution in [0.3, 0.4) is 0 Å². The SMILES string of the molecule is O=C(O)C(NCc1ccc(Br)cc1Cl)C1CC1. The average Bonchev–Trinajstić information content (AvgIpc) is 3.05. The zero-order valence-electron chi connectivity index (χ0n) is 9.12. The van der Waals surface area contributed by atoms with Gasteiger partial charge in [0, 0.05) is 16.0 Å². The molecule has 0 spiro atoms. The van der Waals surface area contributed by atoms with Crippen LogP contribution in [0.1, 0.15) is 18.4 Å². The molecule has 1 saturated carbocycles. The van der Waals surface area contributed by atoms with Crippen molar-refractivity contribution in [3.8, 4) is 0 Å². The summed E-state index contributed by atoms with van der Waals surface area (Å²) in [6.07, 6.45) is 2.00. The predicted octanol–water partition coefficient (Wildman–Crippen LogP) is 3.06. The molecular weight excluding hydrogens is 305 g/mol. The van der Waals surface area contributed by atoms with Crippen molar-refractivity contribution in [2.24, 2.45) is 5.92 Å². The van der Waals surface area contributed by atoms with Crippen LogP contribution < -0.4 is 5.32 Å². The highest BCUT2D eigenvalue weighted by atomic mass is 79.9. The first-order valence-corrected chi connectivity index (χ1v) is 6.65. The van der Waals surface area contributed by atoms with Gasteiger partial charge in [-0.05, 0) is 36.5 Å². The molecule has 1 aromatic carbocycles. The molecular formula is C12H13BrClNO2. The van der Waals surface area contributed by atoms with E-state index in [9.17, 15) is 4.79 Å². The molecule has 0 amide bonds. The fraction of sp³-hybridized carbons (Fsp3) is 0.417. The number of carboxylic acids is 1. The average molecular weight is 319 g/mol. The normalized spacial score (nSPS) is 16.8. The van der Waals surface area contributed by atoms with Crippen LogP contribution in [0.15, 0.2) is 22.7 Å². The summed E-state index contributed by atoms with van der Waals surface area (Å²) in [4.78, 5) is 11.0. The first-order chi connectivity index (χ1) is 8.08. The number of carboxylic acid groups (broad SMARTS) is 1. The fourth-order valence-electron chi connectivity index (χ4n) is 1.77. The maximum absolute atomic E-state index is 11.0. The Morgan fingerprint density at radius 1 is 1.59 bits per heavy atom. The molecule has 1 aliphatic carbocycles. The first-order valence-electron chi connectivity index (χ1n) is 5.48. The fourth-order valence-corrected chi connectivity index (χ4v) is 2.51. The maximum atomic E-state index is 11.0. The van der Waals surface area contributed by atoms with Gasteiger partial charge in [0.05, 0.1) is 0 Å². The van der Waals surface area contributed by atoms with E-state index in [2.05, 4.69) is 21.2 Å². The van der Waals surface area contributed by atoms with Crippen LogP contribution in [0.4, 0.5) is 0 Å². The molecule has 92 valence electrons. The summed E-state index contributed by atoms with van der Waals surface area (Å²) in [6.45, 7) is 0.486. The second-order valence-corrected chi connectivity index (χ2v) is 5.59. The number of rotatable bonds is 5. The van der Waals surface area contributed by atoms with Crippen LogP contribution >= 0.6 is 27.5 Å². The Morgan fingerprint density at radius 3 is 2.82 bits per heavy atom. The summed E-state index contributed by atoms with van der Waals surface area (Å²) in [5.74, 6) is -0.498. The number of nitrogens with one attached hydrogen (secondary N) is 1. The minimum absolute atomic E-state index is 0.279. The number of benzene rings is 1. The van der Waals surface area contributed by atoms with Crippen molar-refractivity contribution in [1.29, 1.82) is 0 Å². The lowest BCUT2D eigenvalue weighted by molar-refractivity contribution is -0.140. The van der Waals surface area contributed by atoms with Gasteiger partial charge in [0.1, 0.15) is 6.04 Å². The predicted molar refractivity (Wildman–Crippen MR) is 70.1 cm³/mol. The van der Waals surface area contributed by atoms with E-state index in [-0.39, 0.29) is 5.92 Å². The van der Waals surface area contributed by atoms with Crippen LogP contribution in [-0.4, -0.2) is 17.1 Å². The van der Waals surface area contributed by atoms with Crippen molar-refractivity contribution >= 4 is 33.5 Å². The van der Waals surface area contributed by atoms with Crippen molar-refractivity contribution in [1.82, 2.24) is 5.32 Å². The third kappa shape index (κ3) is 3.44. The van der Waals surface area contributed by atoms with Crippen LogP contribution in [-0.2, 0) is 11.3 Å². The Morgan fingerprint density at radius 2 is 2.29 bits per heavy atom. The van der Waals surface area contributed by atoms with E-state index < -0.39 is 12.0 Å². The second kappa shape index (κ2) is 5.38. The summed E-state index contributed by atoms with van der Waals surface area (Å²) in [6, 6.07) is 5.15. The van der Waals surface area contributed by atoms with E-state index in [0.29, 0.717) is 11.6 Å². The molecule has 17 heavy (non-hydrogen) atoms. The lowest BCUT2D eigenvalue weighted by Gasteiger charge is -2.14. The van der Waals surface area contributed by atoms with Gasteiger partial charge in [-0.2, -0.15) is 0 Å². The highest BCUT2D eigenvalue weighted by Gasteiger charge is 2.35. The van der Waals surface area contributed by atoms with E-state index in [0.717, 1.165) is 22.9 Å². The zero-order chi connectivity index (χ0) is 12.4. The van der Waals surface area contributed by atoms with Crippen molar-refractivity contribution in [3.63, 3.8) is 0 Å². The Kier molecular flexibility index (Phi) is 4.07. The molecule has 0 bridgehead atoms. The van der Waals surface area contributed by atoms with Gasteiger partial charge in [0.15, 0.2) is 0 Å². The van der Waals surface area contributed by atoms with Gasteiger partial charge >= 0.3 is 5.97 Å². The third-order valence-electron chi connectivity index (χ3n) is 2.89. The molecule has 0 radical (unpaired) electrons. The molecule has 1 aromatic rings. The Bertz CT molecular complexity index is 435.